The Morgan fingerprint density at radius 1 is 1.21 bits per heavy atom. The number of fused-ring (bicyclic) bond motifs is 1. The molecular weight excluding hydrogens is 308 g/mol. The fourth-order valence-corrected chi connectivity index (χ4v) is 2.91. The van der Waals surface area contributed by atoms with Crippen LogP contribution in [0.3, 0.4) is 0 Å². The average Bonchev–Trinajstić information content (AvgIpc) is 3.14. The number of nitrogens with one attached hydrogen (secondary N) is 2. The highest BCUT2D eigenvalue weighted by Crippen LogP contribution is 2.25. The molecule has 0 saturated heterocycles. The first-order valence-electron chi connectivity index (χ1n) is 7.82. The maximum atomic E-state index is 12.6. The zero-order valence-electron chi connectivity index (χ0n) is 14.0. The smallest absolute Gasteiger partial charge is 0.257 e. The predicted octanol–water partition coefficient (Wildman–Crippen LogP) is 1.76. The van der Waals surface area contributed by atoms with E-state index in [2.05, 4.69) is 15.7 Å². The molecule has 2 heterocycles. The molecule has 0 radical (unpaired) electrons. The van der Waals surface area contributed by atoms with Gasteiger partial charge in [-0.25, -0.2) is 0 Å². The molecule has 7 heteroatoms. The van der Waals surface area contributed by atoms with Crippen LogP contribution in [0.15, 0.2) is 18.2 Å². The number of nitrogens with zero attached hydrogens (tertiary/aromatic N) is 2. The van der Waals surface area contributed by atoms with Crippen molar-refractivity contribution in [3.05, 3.63) is 40.6 Å². The molecule has 2 N–H and O–H groups in total. The second-order valence-electron chi connectivity index (χ2n) is 5.75. The predicted molar refractivity (Wildman–Crippen MR) is 89.6 cm³/mol. The number of amides is 2. The lowest BCUT2D eigenvalue weighted by atomic mass is 10.0. The van der Waals surface area contributed by atoms with Crippen LogP contribution in [0.4, 0.5) is 5.82 Å². The lowest BCUT2D eigenvalue weighted by Gasteiger charge is -2.12. The van der Waals surface area contributed by atoms with Crippen molar-refractivity contribution < 1.29 is 14.3 Å². The van der Waals surface area contributed by atoms with Crippen LogP contribution >= 0.6 is 0 Å². The summed E-state index contributed by atoms with van der Waals surface area (Å²) in [5.74, 6) is 0.370. The summed E-state index contributed by atoms with van der Waals surface area (Å²) < 4.78 is 7.14. The van der Waals surface area contributed by atoms with Crippen LogP contribution in [-0.4, -0.2) is 35.8 Å². The lowest BCUT2D eigenvalue weighted by Crippen LogP contribution is -2.21. The molecule has 0 atom stereocenters. The van der Waals surface area contributed by atoms with E-state index in [1.54, 1.807) is 19.1 Å². The highest BCUT2D eigenvalue weighted by molar-refractivity contribution is 6.07. The van der Waals surface area contributed by atoms with Gasteiger partial charge in [0.05, 0.1) is 12.7 Å². The maximum Gasteiger partial charge on any atom is 0.257 e. The van der Waals surface area contributed by atoms with E-state index >= 15 is 0 Å². The van der Waals surface area contributed by atoms with E-state index in [-0.39, 0.29) is 11.8 Å². The third kappa shape index (κ3) is 2.84. The Morgan fingerprint density at radius 3 is 2.67 bits per heavy atom. The molecule has 1 aromatic heterocycles. The van der Waals surface area contributed by atoms with Crippen molar-refractivity contribution >= 4 is 17.6 Å². The van der Waals surface area contributed by atoms with Crippen molar-refractivity contribution in [2.45, 2.75) is 26.3 Å². The Labute approximate surface area is 140 Å². The third-order valence-electron chi connectivity index (χ3n) is 4.17. The fourth-order valence-electron chi connectivity index (χ4n) is 2.91. The van der Waals surface area contributed by atoms with E-state index in [0.29, 0.717) is 22.7 Å². The molecule has 0 unspecified atom stereocenters. The zero-order valence-corrected chi connectivity index (χ0v) is 14.0. The summed E-state index contributed by atoms with van der Waals surface area (Å²) in [5.41, 5.74) is 2.59. The topological polar surface area (TPSA) is 85.3 Å². The van der Waals surface area contributed by atoms with Crippen LogP contribution in [0.2, 0.25) is 0 Å². The molecule has 0 saturated carbocycles. The van der Waals surface area contributed by atoms with Crippen LogP contribution in [0, 0.1) is 6.92 Å². The van der Waals surface area contributed by atoms with Crippen molar-refractivity contribution in [1.29, 1.82) is 0 Å². The molecule has 2 amide bonds. The standard InChI is InChI=1S/C17H20N4O3/c1-10-7-14(24-3)13(16(22)18-2)9-12(10)17(23)19-15-8-11-5-4-6-21(11)20-15/h7-9H,4-6H2,1-3H3,(H,18,22)(H,19,20,23). The van der Waals surface area contributed by atoms with E-state index in [4.69, 9.17) is 4.74 Å². The molecule has 1 aromatic carbocycles. The van der Waals surface area contributed by atoms with Crippen molar-refractivity contribution in [3.63, 3.8) is 0 Å². The van der Waals surface area contributed by atoms with Crippen LogP contribution in [0.25, 0.3) is 0 Å². The number of benzene rings is 1. The van der Waals surface area contributed by atoms with Crippen LogP contribution in [0.5, 0.6) is 5.75 Å². The molecule has 0 spiro atoms. The molecular formula is C17H20N4O3. The van der Waals surface area contributed by atoms with Crippen LogP contribution in [-0.2, 0) is 13.0 Å². The second-order valence-corrected chi connectivity index (χ2v) is 5.75. The number of methoxy groups -OCH3 is 1. The van der Waals surface area contributed by atoms with Gasteiger partial charge in [0.1, 0.15) is 5.75 Å². The summed E-state index contributed by atoms with van der Waals surface area (Å²) in [6, 6.07) is 5.13. The van der Waals surface area contributed by atoms with Crippen LogP contribution in [0.1, 0.15) is 38.4 Å². The van der Waals surface area contributed by atoms with E-state index in [1.165, 1.54) is 14.2 Å². The van der Waals surface area contributed by atoms with Crippen molar-refractivity contribution in [1.82, 2.24) is 15.1 Å². The van der Waals surface area contributed by atoms with Gasteiger partial charge in [-0.1, -0.05) is 0 Å². The number of carbonyl (C=O) groups is 2. The molecule has 1 aliphatic heterocycles. The van der Waals surface area contributed by atoms with E-state index in [9.17, 15) is 9.59 Å². The number of rotatable bonds is 4. The number of aryl methyl sites for hydroxylation is 3. The molecule has 2 aromatic rings. The molecule has 3 rings (SSSR count). The van der Waals surface area contributed by atoms with Gasteiger partial charge in [-0.3, -0.25) is 14.3 Å². The zero-order chi connectivity index (χ0) is 17.3. The minimum atomic E-state index is -0.304. The summed E-state index contributed by atoms with van der Waals surface area (Å²) in [7, 11) is 3.03. The maximum absolute atomic E-state index is 12.6. The highest BCUT2D eigenvalue weighted by atomic mass is 16.5. The molecule has 0 fully saturated rings. The van der Waals surface area contributed by atoms with Gasteiger partial charge < -0.3 is 15.4 Å². The molecule has 126 valence electrons. The number of aromatic nitrogens is 2. The minimum absolute atomic E-state index is 0.294. The van der Waals surface area contributed by atoms with Gasteiger partial charge in [-0.05, 0) is 37.5 Å². The van der Waals surface area contributed by atoms with Crippen molar-refractivity contribution in [2.24, 2.45) is 0 Å². The number of carbonyl (C=O) groups excluding carboxylic acids is 2. The number of hydrogen-bond acceptors (Lipinski definition) is 4. The normalized spacial score (nSPS) is 12.6. The quantitative estimate of drug-likeness (QED) is 0.895. The molecule has 0 aliphatic carbocycles. The molecule has 7 nitrogen and oxygen atoms in total. The van der Waals surface area contributed by atoms with Gasteiger partial charge in [0, 0.05) is 30.9 Å². The second kappa shape index (κ2) is 6.35. The first kappa shape index (κ1) is 16.0. The van der Waals surface area contributed by atoms with E-state index in [0.717, 1.165) is 30.6 Å². The largest absolute Gasteiger partial charge is 0.496 e. The van der Waals surface area contributed by atoms with Gasteiger partial charge >= 0.3 is 0 Å². The fraction of sp³-hybridized carbons (Fsp3) is 0.353. The summed E-state index contributed by atoms with van der Waals surface area (Å²) >= 11 is 0. The van der Waals surface area contributed by atoms with Crippen LogP contribution < -0.4 is 15.4 Å². The van der Waals surface area contributed by atoms with Crippen molar-refractivity contribution in [3.8, 4) is 5.75 Å². The van der Waals surface area contributed by atoms with Gasteiger partial charge in [0.2, 0.25) is 0 Å². The highest BCUT2D eigenvalue weighted by Gasteiger charge is 2.20. The summed E-state index contributed by atoms with van der Waals surface area (Å²) in [4.78, 5) is 24.6. The van der Waals surface area contributed by atoms with Gasteiger partial charge in [-0.15, -0.1) is 0 Å². The number of ether oxygens (including phenoxy) is 1. The Kier molecular flexibility index (Phi) is 4.24. The number of anilines is 1. The molecule has 0 bridgehead atoms. The Hall–Kier alpha value is -2.83. The van der Waals surface area contributed by atoms with Gasteiger partial charge in [-0.2, -0.15) is 5.10 Å². The Morgan fingerprint density at radius 2 is 2.00 bits per heavy atom. The summed E-state index contributed by atoms with van der Waals surface area (Å²) in [5, 5.41) is 9.73. The van der Waals surface area contributed by atoms with E-state index < -0.39 is 0 Å². The van der Waals surface area contributed by atoms with Gasteiger partial charge in [0.25, 0.3) is 11.8 Å². The van der Waals surface area contributed by atoms with E-state index in [1.807, 2.05) is 10.7 Å². The van der Waals surface area contributed by atoms with Gasteiger partial charge in [0.15, 0.2) is 5.82 Å². The monoisotopic (exact) mass is 328 g/mol. The Bertz CT molecular complexity index is 789. The average molecular weight is 328 g/mol. The van der Waals surface area contributed by atoms with Crippen molar-refractivity contribution in [2.75, 3.05) is 19.5 Å². The minimum Gasteiger partial charge on any atom is -0.496 e. The molecule has 1 aliphatic rings. The SMILES string of the molecule is CNC(=O)c1cc(C(=O)Nc2cc3n(n2)CCC3)c(C)cc1OC. The molecule has 24 heavy (non-hydrogen) atoms. The first-order valence-corrected chi connectivity index (χ1v) is 7.82. The third-order valence-corrected chi connectivity index (χ3v) is 4.17. The summed E-state index contributed by atoms with van der Waals surface area (Å²) in [6.07, 6.45) is 2.06. The summed E-state index contributed by atoms with van der Waals surface area (Å²) in [6.45, 7) is 2.69. The Balaban J connectivity index is 1.89. The number of hydrogen-bond donors (Lipinski definition) is 2. The first-order chi connectivity index (χ1) is 11.5. The lowest BCUT2D eigenvalue weighted by molar-refractivity contribution is 0.0960.